The Balaban J connectivity index is -0.000000180. The second-order valence-electron chi connectivity index (χ2n) is 8.66. The van der Waals surface area contributed by atoms with E-state index < -0.39 is 0 Å². The molecule has 0 bridgehead atoms. The maximum Gasteiger partial charge on any atom is -0.0326 e. The van der Waals surface area contributed by atoms with E-state index in [-0.39, 0.29) is 0 Å². The van der Waals surface area contributed by atoms with Crippen LogP contribution in [0.5, 0.6) is 0 Å². The van der Waals surface area contributed by atoms with Crippen molar-refractivity contribution in [2.75, 3.05) is 0 Å². The molecule has 0 heterocycles. The minimum atomic E-state index is 1.23. The molecule has 0 aromatic heterocycles. The lowest BCUT2D eigenvalue weighted by molar-refractivity contribution is 0.572. The predicted octanol–water partition coefficient (Wildman–Crippen LogP) is 12.5. The zero-order valence-corrected chi connectivity index (χ0v) is 23.3. The van der Waals surface area contributed by atoms with Crippen LogP contribution in [-0.2, 0) is 0 Å². The normalized spacial score (nSPS) is 9.47. The Morgan fingerprint density at radius 1 is 0.400 bits per heavy atom. The Morgan fingerprint density at radius 2 is 0.633 bits per heavy atom. The van der Waals surface area contributed by atoms with E-state index in [2.05, 4.69) is 48.1 Å². The molecule has 0 saturated carbocycles. The van der Waals surface area contributed by atoms with Gasteiger partial charge in [0.15, 0.2) is 0 Å². The smallest absolute Gasteiger partial charge is 0.0326 e. The third-order valence-electron chi connectivity index (χ3n) is 5.16. The summed E-state index contributed by atoms with van der Waals surface area (Å²) in [5, 5.41) is 0. The average Bonchev–Trinajstić information content (AvgIpc) is 2.77. The highest BCUT2D eigenvalue weighted by molar-refractivity contribution is 4.86. The fraction of sp³-hybridized carbons (Fsp3) is 0.933. The van der Waals surface area contributed by atoms with E-state index in [9.17, 15) is 0 Å². The Hall–Kier alpha value is -0.260. The summed E-state index contributed by atoms with van der Waals surface area (Å²) in [6.07, 6.45) is 28.1. The number of hydrogen-bond acceptors (Lipinski definition) is 0. The molecule has 0 spiro atoms. The van der Waals surface area contributed by atoms with Gasteiger partial charge in [-0.05, 0) is 19.8 Å². The molecular formula is C30H66. The number of rotatable bonds is 18. The van der Waals surface area contributed by atoms with Crippen molar-refractivity contribution in [1.82, 2.24) is 0 Å². The molecule has 0 aliphatic rings. The maximum absolute atomic E-state index is 3.91. The second kappa shape index (κ2) is 42.8. The van der Waals surface area contributed by atoms with Crippen LogP contribution < -0.4 is 0 Å². The van der Waals surface area contributed by atoms with Crippen LogP contribution in [0.2, 0.25) is 0 Å². The lowest BCUT2D eigenvalue weighted by atomic mass is 10.1. The standard InChI is InChI=1S/C13H26.C11H24.C4H10.C2H6/c1-4-5-6-7-8-9-10-11-12-13(2)3;1-3-5-7-9-11-10-8-6-4-2;1-3-4-2;1-2/h2,4-12H2,1,3H3;3-11H2,1-2H3;3-4H2,1-2H3;1-2H3. The van der Waals surface area contributed by atoms with Crippen molar-refractivity contribution >= 4 is 0 Å². The van der Waals surface area contributed by atoms with Crippen molar-refractivity contribution in [2.24, 2.45) is 0 Å². The van der Waals surface area contributed by atoms with Crippen molar-refractivity contribution in [2.45, 2.75) is 184 Å². The van der Waals surface area contributed by atoms with E-state index in [1.54, 1.807) is 0 Å². The Kier molecular flexibility index (Phi) is 52.9. The van der Waals surface area contributed by atoms with Gasteiger partial charge in [-0.2, -0.15) is 0 Å². The quantitative estimate of drug-likeness (QED) is 0.151. The topological polar surface area (TPSA) is 0 Å². The largest absolute Gasteiger partial charge is 0.100 e. The van der Waals surface area contributed by atoms with E-state index >= 15 is 0 Å². The summed E-state index contributed by atoms with van der Waals surface area (Å²) in [6.45, 7) is 21.2. The third-order valence-corrected chi connectivity index (χ3v) is 5.16. The fourth-order valence-corrected chi connectivity index (χ4v) is 2.94. The lowest BCUT2D eigenvalue weighted by Gasteiger charge is -2.01. The van der Waals surface area contributed by atoms with Gasteiger partial charge in [0.25, 0.3) is 0 Å². The van der Waals surface area contributed by atoms with E-state index in [1.165, 1.54) is 134 Å². The zero-order chi connectivity index (χ0) is 23.7. The van der Waals surface area contributed by atoms with Crippen molar-refractivity contribution in [3.63, 3.8) is 0 Å². The van der Waals surface area contributed by atoms with Crippen LogP contribution in [0.15, 0.2) is 12.2 Å². The molecule has 0 aromatic carbocycles. The Bertz CT molecular complexity index is 230. The molecule has 0 saturated heterocycles. The monoisotopic (exact) mass is 427 g/mol. The molecule has 30 heavy (non-hydrogen) atoms. The molecule has 0 aliphatic carbocycles. The van der Waals surface area contributed by atoms with Gasteiger partial charge in [-0.15, -0.1) is 6.58 Å². The molecule has 0 nitrogen and oxygen atoms in total. The molecule has 0 unspecified atom stereocenters. The van der Waals surface area contributed by atoms with Crippen molar-refractivity contribution in [3.8, 4) is 0 Å². The molecular weight excluding hydrogens is 360 g/mol. The van der Waals surface area contributed by atoms with Crippen LogP contribution in [0.3, 0.4) is 0 Å². The van der Waals surface area contributed by atoms with Gasteiger partial charge >= 0.3 is 0 Å². The highest BCUT2D eigenvalue weighted by Gasteiger charge is 1.91. The predicted molar refractivity (Wildman–Crippen MR) is 147 cm³/mol. The first-order valence-electron chi connectivity index (χ1n) is 14.2. The number of hydrogen-bond donors (Lipinski definition) is 0. The molecule has 186 valence electrons. The fourth-order valence-electron chi connectivity index (χ4n) is 2.94. The molecule has 0 rings (SSSR count). The van der Waals surface area contributed by atoms with E-state index in [4.69, 9.17) is 0 Å². The van der Waals surface area contributed by atoms with E-state index in [0.717, 1.165) is 0 Å². The third kappa shape index (κ3) is 56.5. The highest BCUT2D eigenvalue weighted by Crippen LogP contribution is 2.11. The van der Waals surface area contributed by atoms with Crippen LogP contribution in [-0.4, -0.2) is 0 Å². The molecule has 0 N–H and O–H groups in total. The van der Waals surface area contributed by atoms with Gasteiger partial charge < -0.3 is 0 Å². The summed E-state index contributed by atoms with van der Waals surface area (Å²) in [6, 6.07) is 0. The minimum absolute atomic E-state index is 1.23. The first-order chi connectivity index (χ1) is 14.6. The van der Waals surface area contributed by atoms with E-state index in [1.807, 2.05) is 13.8 Å². The summed E-state index contributed by atoms with van der Waals surface area (Å²) in [4.78, 5) is 0. The molecule has 0 atom stereocenters. The highest BCUT2D eigenvalue weighted by atomic mass is 14.0. The van der Waals surface area contributed by atoms with Crippen LogP contribution in [0.25, 0.3) is 0 Å². The number of allylic oxidation sites excluding steroid dienone is 1. The Labute approximate surface area is 196 Å². The van der Waals surface area contributed by atoms with Crippen molar-refractivity contribution < 1.29 is 0 Å². The summed E-state index contributed by atoms with van der Waals surface area (Å²) in [5.74, 6) is 0. The molecule has 0 radical (unpaired) electrons. The molecule has 0 fully saturated rings. The van der Waals surface area contributed by atoms with Gasteiger partial charge in [0, 0.05) is 0 Å². The summed E-state index contributed by atoms with van der Waals surface area (Å²) >= 11 is 0. The molecule has 0 aliphatic heterocycles. The van der Waals surface area contributed by atoms with Crippen LogP contribution in [0.1, 0.15) is 184 Å². The van der Waals surface area contributed by atoms with E-state index in [0.29, 0.717) is 0 Å². The van der Waals surface area contributed by atoms with Gasteiger partial charge in [-0.3, -0.25) is 0 Å². The summed E-state index contributed by atoms with van der Waals surface area (Å²) in [5.41, 5.74) is 1.34. The van der Waals surface area contributed by atoms with Crippen molar-refractivity contribution in [1.29, 1.82) is 0 Å². The summed E-state index contributed by atoms with van der Waals surface area (Å²) in [7, 11) is 0. The lowest BCUT2D eigenvalue weighted by Crippen LogP contribution is -1.81. The van der Waals surface area contributed by atoms with Gasteiger partial charge in [0.05, 0.1) is 0 Å². The van der Waals surface area contributed by atoms with Crippen LogP contribution in [0, 0.1) is 0 Å². The van der Waals surface area contributed by atoms with Gasteiger partial charge in [-0.25, -0.2) is 0 Å². The molecule has 0 aromatic rings. The summed E-state index contributed by atoms with van der Waals surface area (Å²) < 4.78 is 0. The van der Waals surface area contributed by atoms with Gasteiger partial charge in [0.1, 0.15) is 0 Å². The average molecular weight is 427 g/mol. The van der Waals surface area contributed by atoms with Gasteiger partial charge in [-0.1, -0.05) is 170 Å². The van der Waals surface area contributed by atoms with Crippen LogP contribution >= 0.6 is 0 Å². The van der Waals surface area contributed by atoms with Crippen molar-refractivity contribution in [3.05, 3.63) is 12.2 Å². The molecule has 0 heteroatoms. The SMILES string of the molecule is C=C(C)CCCCCCCCCC.CC.CCCC.CCCCCCCCCCC. The van der Waals surface area contributed by atoms with Crippen LogP contribution in [0.4, 0.5) is 0 Å². The Morgan fingerprint density at radius 3 is 0.833 bits per heavy atom. The minimum Gasteiger partial charge on any atom is -0.100 e. The molecule has 0 amide bonds. The zero-order valence-electron chi connectivity index (χ0n) is 23.3. The maximum atomic E-state index is 3.91. The second-order valence-corrected chi connectivity index (χ2v) is 8.66. The number of unbranched alkanes of at least 4 members (excludes halogenated alkanes) is 16. The first kappa shape index (κ1) is 37.1. The first-order valence-corrected chi connectivity index (χ1v) is 14.2. The van der Waals surface area contributed by atoms with Gasteiger partial charge in [0.2, 0.25) is 0 Å².